The van der Waals surface area contributed by atoms with Crippen molar-refractivity contribution in [2.24, 2.45) is 0 Å². The number of hydrogen-bond donors (Lipinski definition) is 3. The fourth-order valence-corrected chi connectivity index (χ4v) is 3.65. The third-order valence-electron chi connectivity index (χ3n) is 4.37. The van der Waals surface area contributed by atoms with E-state index in [2.05, 4.69) is 15.4 Å². The molecule has 0 fully saturated rings. The van der Waals surface area contributed by atoms with Gasteiger partial charge in [-0.2, -0.15) is 0 Å². The lowest BCUT2D eigenvalue weighted by molar-refractivity contribution is -0.122. The first-order valence-corrected chi connectivity index (χ1v) is 10.4. The Morgan fingerprint density at radius 2 is 1.68 bits per heavy atom. The number of carbonyl (C=O) groups excluding carboxylic acids is 2. The van der Waals surface area contributed by atoms with E-state index in [1.54, 1.807) is 26.0 Å². The Kier molecular flexibility index (Phi) is 6.80. The SMILES string of the molecule is CCNC(=O)[C@H](C)NC(=O)c1ccc(S(=O)(=O)Nc2cccc(C)c2C)cc1. The summed E-state index contributed by atoms with van der Waals surface area (Å²) in [6, 6.07) is 10.2. The fraction of sp³-hybridized carbons (Fsp3) is 0.300. The van der Waals surface area contributed by atoms with Crippen molar-refractivity contribution in [2.75, 3.05) is 11.3 Å². The van der Waals surface area contributed by atoms with Crippen molar-refractivity contribution in [1.29, 1.82) is 0 Å². The second-order valence-electron chi connectivity index (χ2n) is 6.47. The highest BCUT2D eigenvalue weighted by Gasteiger charge is 2.18. The van der Waals surface area contributed by atoms with Crippen LogP contribution in [0.25, 0.3) is 0 Å². The highest BCUT2D eigenvalue weighted by molar-refractivity contribution is 7.92. The van der Waals surface area contributed by atoms with Crippen molar-refractivity contribution in [3.05, 3.63) is 59.2 Å². The zero-order chi connectivity index (χ0) is 20.9. The van der Waals surface area contributed by atoms with Gasteiger partial charge >= 0.3 is 0 Å². The molecule has 0 aromatic heterocycles. The number of carbonyl (C=O) groups is 2. The first-order chi connectivity index (χ1) is 13.2. The molecule has 7 nitrogen and oxygen atoms in total. The Hall–Kier alpha value is -2.87. The number of likely N-dealkylation sites (N-methyl/N-ethyl adjacent to an activating group) is 1. The van der Waals surface area contributed by atoms with E-state index in [0.717, 1.165) is 11.1 Å². The Labute approximate surface area is 165 Å². The minimum atomic E-state index is -3.78. The number of benzene rings is 2. The van der Waals surface area contributed by atoms with Gasteiger partial charge < -0.3 is 10.6 Å². The van der Waals surface area contributed by atoms with E-state index in [0.29, 0.717) is 12.2 Å². The molecular weight excluding hydrogens is 378 g/mol. The lowest BCUT2D eigenvalue weighted by atomic mass is 10.1. The second-order valence-corrected chi connectivity index (χ2v) is 8.15. The van der Waals surface area contributed by atoms with Crippen LogP contribution in [0.5, 0.6) is 0 Å². The molecule has 0 spiro atoms. The van der Waals surface area contributed by atoms with Crippen LogP contribution < -0.4 is 15.4 Å². The van der Waals surface area contributed by atoms with Gasteiger partial charge in [-0.25, -0.2) is 8.42 Å². The molecule has 2 aromatic carbocycles. The lowest BCUT2D eigenvalue weighted by Crippen LogP contribution is -2.44. The third-order valence-corrected chi connectivity index (χ3v) is 5.75. The summed E-state index contributed by atoms with van der Waals surface area (Å²) in [5.41, 5.74) is 2.61. The maximum Gasteiger partial charge on any atom is 0.261 e. The first kappa shape index (κ1) is 21.4. The first-order valence-electron chi connectivity index (χ1n) is 8.93. The molecule has 0 aliphatic carbocycles. The number of sulfonamides is 1. The monoisotopic (exact) mass is 403 g/mol. The molecule has 0 heterocycles. The third kappa shape index (κ3) is 5.10. The average Bonchev–Trinajstić information content (AvgIpc) is 2.65. The van der Waals surface area contributed by atoms with Crippen LogP contribution in [-0.4, -0.2) is 32.8 Å². The van der Waals surface area contributed by atoms with Gasteiger partial charge in [0, 0.05) is 12.1 Å². The molecule has 0 aliphatic rings. The molecule has 2 rings (SSSR count). The number of amides is 2. The Bertz CT molecular complexity index is 969. The zero-order valence-corrected chi connectivity index (χ0v) is 17.2. The maximum absolute atomic E-state index is 12.6. The van der Waals surface area contributed by atoms with Gasteiger partial charge in [-0.15, -0.1) is 0 Å². The Morgan fingerprint density at radius 3 is 2.29 bits per heavy atom. The molecular formula is C20H25N3O4S. The van der Waals surface area contributed by atoms with E-state index >= 15 is 0 Å². The largest absolute Gasteiger partial charge is 0.355 e. The van der Waals surface area contributed by atoms with Crippen LogP contribution in [-0.2, 0) is 14.8 Å². The normalized spacial score (nSPS) is 12.1. The summed E-state index contributed by atoms with van der Waals surface area (Å²) in [6.07, 6.45) is 0. The highest BCUT2D eigenvalue weighted by atomic mass is 32.2. The van der Waals surface area contributed by atoms with Gasteiger partial charge in [-0.3, -0.25) is 14.3 Å². The summed E-state index contributed by atoms with van der Waals surface area (Å²) in [5.74, 6) is -0.738. The molecule has 0 radical (unpaired) electrons. The number of aryl methyl sites for hydroxylation is 1. The molecule has 0 aliphatic heterocycles. The van der Waals surface area contributed by atoms with E-state index < -0.39 is 22.0 Å². The van der Waals surface area contributed by atoms with Gasteiger partial charge in [0.2, 0.25) is 5.91 Å². The summed E-state index contributed by atoms with van der Waals surface area (Å²) in [7, 11) is -3.78. The molecule has 0 unspecified atom stereocenters. The second kappa shape index (κ2) is 8.88. The molecule has 3 N–H and O–H groups in total. The zero-order valence-electron chi connectivity index (χ0n) is 16.4. The maximum atomic E-state index is 12.6. The van der Waals surface area contributed by atoms with Crippen molar-refractivity contribution in [2.45, 2.75) is 38.6 Å². The van der Waals surface area contributed by atoms with Gasteiger partial charge in [0.15, 0.2) is 0 Å². The van der Waals surface area contributed by atoms with Gasteiger partial charge in [0.1, 0.15) is 6.04 Å². The Morgan fingerprint density at radius 1 is 1.04 bits per heavy atom. The lowest BCUT2D eigenvalue weighted by Gasteiger charge is -2.14. The topological polar surface area (TPSA) is 104 Å². The minimum absolute atomic E-state index is 0.0433. The molecule has 28 heavy (non-hydrogen) atoms. The standard InChI is InChI=1S/C20H25N3O4S/c1-5-21-19(24)15(4)22-20(25)16-9-11-17(12-10-16)28(26,27)23-18-8-6-7-13(2)14(18)3/h6-12,15,23H,5H2,1-4H3,(H,21,24)(H,22,25)/t15-/m0/s1. The predicted octanol–water partition coefficient (Wildman–Crippen LogP) is 2.36. The van der Waals surface area contributed by atoms with Crippen LogP contribution in [0, 0.1) is 13.8 Å². The van der Waals surface area contributed by atoms with Gasteiger partial charge in [-0.05, 0) is 69.2 Å². The van der Waals surface area contributed by atoms with Crippen molar-refractivity contribution >= 4 is 27.5 Å². The fourth-order valence-electron chi connectivity index (χ4n) is 2.52. The van der Waals surface area contributed by atoms with Crippen LogP contribution in [0.4, 0.5) is 5.69 Å². The van der Waals surface area contributed by atoms with Crippen molar-refractivity contribution in [1.82, 2.24) is 10.6 Å². The van der Waals surface area contributed by atoms with E-state index in [-0.39, 0.29) is 16.4 Å². The van der Waals surface area contributed by atoms with Crippen LogP contribution in [0.1, 0.15) is 35.3 Å². The average molecular weight is 404 g/mol. The van der Waals surface area contributed by atoms with Crippen LogP contribution in [0.15, 0.2) is 47.4 Å². The molecule has 1 atom stereocenters. The molecule has 2 amide bonds. The van der Waals surface area contributed by atoms with Crippen LogP contribution >= 0.6 is 0 Å². The molecule has 0 saturated heterocycles. The van der Waals surface area contributed by atoms with Crippen LogP contribution in [0.3, 0.4) is 0 Å². The number of anilines is 1. The van der Waals surface area contributed by atoms with E-state index in [1.807, 2.05) is 19.9 Å². The van der Waals surface area contributed by atoms with Crippen molar-refractivity contribution < 1.29 is 18.0 Å². The van der Waals surface area contributed by atoms with E-state index in [9.17, 15) is 18.0 Å². The highest BCUT2D eigenvalue weighted by Crippen LogP contribution is 2.22. The van der Waals surface area contributed by atoms with Crippen molar-refractivity contribution in [3.8, 4) is 0 Å². The number of rotatable bonds is 7. The summed E-state index contributed by atoms with van der Waals surface area (Å²) in [5, 5.41) is 5.20. The smallest absolute Gasteiger partial charge is 0.261 e. The van der Waals surface area contributed by atoms with Gasteiger partial charge in [-0.1, -0.05) is 12.1 Å². The molecule has 150 valence electrons. The van der Waals surface area contributed by atoms with E-state index in [1.165, 1.54) is 24.3 Å². The van der Waals surface area contributed by atoms with Gasteiger partial charge in [0.25, 0.3) is 15.9 Å². The number of nitrogens with one attached hydrogen (secondary N) is 3. The van der Waals surface area contributed by atoms with Crippen LogP contribution in [0.2, 0.25) is 0 Å². The Balaban J connectivity index is 2.13. The molecule has 2 aromatic rings. The quantitative estimate of drug-likeness (QED) is 0.660. The number of hydrogen-bond acceptors (Lipinski definition) is 4. The minimum Gasteiger partial charge on any atom is -0.355 e. The van der Waals surface area contributed by atoms with E-state index in [4.69, 9.17) is 0 Å². The molecule has 0 bridgehead atoms. The predicted molar refractivity (Wildman–Crippen MR) is 109 cm³/mol. The molecule has 8 heteroatoms. The summed E-state index contributed by atoms with van der Waals surface area (Å²) in [6.45, 7) is 7.59. The summed E-state index contributed by atoms with van der Waals surface area (Å²) < 4.78 is 27.8. The summed E-state index contributed by atoms with van der Waals surface area (Å²) >= 11 is 0. The molecule has 0 saturated carbocycles. The summed E-state index contributed by atoms with van der Waals surface area (Å²) in [4.78, 5) is 24.0. The van der Waals surface area contributed by atoms with Crippen molar-refractivity contribution in [3.63, 3.8) is 0 Å². The van der Waals surface area contributed by atoms with Gasteiger partial charge in [0.05, 0.1) is 10.6 Å².